The van der Waals surface area contributed by atoms with Crippen molar-refractivity contribution < 1.29 is 38.5 Å². The molecule has 6 aromatic rings. The Balaban J connectivity index is 1.40. The molecule has 1 aliphatic rings. The fraction of sp³-hybridized carbons (Fsp3) is 0.163. The van der Waals surface area contributed by atoms with Crippen molar-refractivity contribution in [1.82, 2.24) is 4.90 Å². The van der Waals surface area contributed by atoms with Crippen LogP contribution < -0.4 is 15.9 Å². The van der Waals surface area contributed by atoms with Crippen LogP contribution in [0.4, 0.5) is 4.79 Å². The minimum Gasteiger partial charge on any atom is -0.458 e. The van der Waals surface area contributed by atoms with Gasteiger partial charge < -0.3 is 24.2 Å². The van der Waals surface area contributed by atoms with Crippen LogP contribution in [0, 0.1) is 5.92 Å². The van der Waals surface area contributed by atoms with Crippen LogP contribution >= 0.6 is 6.89 Å². The lowest BCUT2D eigenvalue weighted by atomic mass is 9.80. The second kappa shape index (κ2) is 17.9. The first-order chi connectivity index (χ1) is 28.7. The molecule has 10 heteroatoms. The molecule has 3 atom stereocenters. The first-order valence-electron chi connectivity index (χ1n) is 19.3. The summed E-state index contributed by atoms with van der Waals surface area (Å²) in [6.45, 7) is 5.63. The van der Waals surface area contributed by atoms with Crippen molar-refractivity contribution in [2.75, 3.05) is 13.2 Å². The van der Waals surface area contributed by atoms with E-state index >= 15 is 0 Å². The van der Waals surface area contributed by atoms with Crippen LogP contribution in [0.3, 0.4) is 0 Å². The van der Waals surface area contributed by atoms with Crippen LogP contribution in [0.2, 0.25) is 0 Å². The Morgan fingerprint density at radius 2 is 1.37 bits per heavy atom. The highest BCUT2D eigenvalue weighted by atomic mass is 31.2. The number of ether oxygens (including phenoxy) is 3. The first kappa shape index (κ1) is 40.6. The highest BCUT2D eigenvalue weighted by Crippen LogP contribution is 2.47. The summed E-state index contributed by atoms with van der Waals surface area (Å²) in [5, 5.41) is 16.0. The fourth-order valence-corrected chi connectivity index (χ4v) is 12.0. The third kappa shape index (κ3) is 8.00. The Kier molecular flexibility index (Phi) is 12.4. The molecule has 298 valence electrons. The van der Waals surface area contributed by atoms with E-state index in [9.17, 15) is 24.3 Å². The van der Waals surface area contributed by atoms with Gasteiger partial charge in [0.2, 0.25) is 5.91 Å². The zero-order chi connectivity index (χ0) is 41.5. The molecule has 7 rings (SSSR count). The zero-order valence-corrected chi connectivity index (χ0v) is 33.5. The van der Waals surface area contributed by atoms with Gasteiger partial charge in [-0.3, -0.25) is 9.59 Å². The number of esters is 1. The summed E-state index contributed by atoms with van der Waals surface area (Å²) in [5.41, 5.74) is 1.56. The quantitative estimate of drug-likeness (QED) is 0.0280. The molecular formula is C49H44NO8P. The van der Waals surface area contributed by atoms with Gasteiger partial charge >= 0.3 is 12.1 Å². The summed E-state index contributed by atoms with van der Waals surface area (Å²) in [7, 11) is 0. The van der Waals surface area contributed by atoms with Gasteiger partial charge in [-0.1, -0.05) is 141 Å². The summed E-state index contributed by atoms with van der Waals surface area (Å²) in [6, 6.07) is 41.0. The van der Waals surface area contributed by atoms with Gasteiger partial charge in [-0.2, -0.15) is 0 Å². The van der Waals surface area contributed by atoms with Crippen LogP contribution in [0.15, 0.2) is 159 Å². The van der Waals surface area contributed by atoms with Crippen LogP contribution in [0.25, 0.3) is 21.5 Å². The number of rotatable bonds is 15. The number of Topliss-reactive ketones (excluding diaryl/α,β-unsaturated/α-hetero) is 1. The SMILES string of the molecule is C=CCOC(=O)O[C@H](C)[C@H]1C(=O)N(C=P(c2ccccc2)(c2ccccc2)c2ccccc2C(=O)OCC=C)[C@@H]1CC(=O)c1ccc2cc(CO)c3ccccc3c2c1. The summed E-state index contributed by atoms with van der Waals surface area (Å²) < 4.78 is 16.3. The number of β-lactam (4-membered cyclic amide) rings is 1. The van der Waals surface area contributed by atoms with Gasteiger partial charge in [0.25, 0.3) is 0 Å². The fourth-order valence-electron chi connectivity index (χ4n) is 7.95. The maximum absolute atomic E-state index is 14.7. The average Bonchev–Trinajstić information content (AvgIpc) is 3.27. The number of benzene rings is 6. The predicted molar refractivity (Wildman–Crippen MR) is 234 cm³/mol. The molecule has 0 bridgehead atoms. The second-order valence-corrected chi connectivity index (χ2v) is 17.4. The van der Waals surface area contributed by atoms with Gasteiger partial charge in [0.05, 0.1) is 24.1 Å². The van der Waals surface area contributed by atoms with Crippen molar-refractivity contribution in [2.24, 2.45) is 5.92 Å². The second-order valence-electron chi connectivity index (χ2n) is 14.2. The summed E-state index contributed by atoms with van der Waals surface area (Å²) in [5.74, 6) is -0.112. The third-order valence-corrected chi connectivity index (χ3v) is 14.7. The number of nitrogens with zero attached hydrogens (tertiary/aromatic N) is 1. The minimum absolute atomic E-state index is 0.00969. The van der Waals surface area contributed by atoms with Crippen molar-refractivity contribution in [2.45, 2.75) is 32.1 Å². The number of hydrogen-bond donors (Lipinski definition) is 1. The highest BCUT2D eigenvalue weighted by Gasteiger charge is 2.52. The molecule has 0 aliphatic carbocycles. The van der Waals surface area contributed by atoms with Gasteiger partial charge in [0.15, 0.2) is 5.78 Å². The molecule has 1 fully saturated rings. The van der Waals surface area contributed by atoms with Crippen molar-refractivity contribution in [3.63, 3.8) is 0 Å². The summed E-state index contributed by atoms with van der Waals surface area (Å²) in [6.07, 6.45) is 0.903. The van der Waals surface area contributed by atoms with Crippen LogP contribution in [-0.2, 0) is 25.6 Å². The zero-order valence-electron chi connectivity index (χ0n) is 32.6. The van der Waals surface area contributed by atoms with Crippen LogP contribution in [0.1, 0.15) is 39.6 Å². The Labute approximate surface area is 343 Å². The van der Waals surface area contributed by atoms with Crippen molar-refractivity contribution in [3.8, 4) is 0 Å². The molecule has 0 radical (unpaired) electrons. The first-order valence-corrected chi connectivity index (χ1v) is 21.2. The van der Waals surface area contributed by atoms with Gasteiger partial charge in [0.1, 0.15) is 19.3 Å². The molecule has 1 aliphatic heterocycles. The molecule has 9 nitrogen and oxygen atoms in total. The van der Waals surface area contributed by atoms with Crippen molar-refractivity contribution in [3.05, 3.63) is 175 Å². The molecule has 0 aromatic heterocycles. The number of hydrogen-bond acceptors (Lipinski definition) is 8. The summed E-state index contributed by atoms with van der Waals surface area (Å²) in [4.78, 5) is 57.3. The number of ketones is 1. The van der Waals surface area contributed by atoms with E-state index in [0.29, 0.717) is 16.4 Å². The van der Waals surface area contributed by atoms with Gasteiger partial charge in [-0.05, 0) is 75.0 Å². The molecule has 0 saturated carbocycles. The minimum atomic E-state index is -3.08. The normalized spacial score (nSPS) is 15.5. The van der Waals surface area contributed by atoms with Gasteiger partial charge in [0, 0.05) is 17.9 Å². The Morgan fingerprint density at radius 3 is 2.03 bits per heavy atom. The van der Waals surface area contributed by atoms with Gasteiger partial charge in [-0.15, -0.1) is 0 Å². The van der Waals surface area contributed by atoms with Crippen molar-refractivity contribution in [1.29, 1.82) is 0 Å². The van der Waals surface area contributed by atoms with E-state index in [-0.39, 0.29) is 37.9 Å². The largest absolute Gasteiger partial charge is 0.508 e. The number of carbonyl (C=O) groups is 4. The van der Waals surface area contributed by atoms with E-state index in [1.807, 2.05) is 121 Å². The number of aliphatic hydroxyl groups excluding tert-OH is 1. The Bertz CT molecular complexity index is 2580. The molecule has 0 unspecified atom stereocenters. The van der Waals surface area contributed by atoms with E-state index in [1.54, 1.807) is 30.0 Å². The number of carbonyl (C=O) groups excluding carboxylic acids is 4. The number of fused-ring (bicyclic) bond motifs is 3. The topological polar surface area (TPSA) is 119 Å². The van der Waals surface area contributed by atoms with Crippen LogP contribution in [0.5, 0.6) is 0 Å². The lowest BCUT2D eigenvalue weighted by molar-refractivity contribution is -0.154. The maximum atomic E-state index is 14.7. The Hall–Kier alpha value is -6.54. The van der Waals surface area contributed by atoms with Crippen LogP contribution in [-0.4, -0.2) is 65.1 Å². The molecule has 1 amide bonds. The molecule has 59 heavy (non-hydrogen) atoms. The standard InChI is InChI=1S/C49H44NO8P/c1-4-26-56-48(54)41-22-14-15-23-45(41)59(37-16-8-6-9-17-37,38-18-10-7-11-19-38)32-50-43(46(47(50)53)33(3)58-49(55)57-27-5-2)30-44(52)35-25-24-34-28-36(31-51)39-20-12-13-21-40(39)42(34)29-35/h4-25,28-29,32-33,43,46,51H,1-2,26-27,30-31H2,3H3/t33-,43-,46-/m1/s1. The number of likely N-dealkylation sites (tertiary alicyclic amines) is 1. The highest BCUT2D eigenvalue weighted by molar-refractivity contribution is 7.94. The lowest BCUT2D eigenvalue weighted by Gasteiger charge is -2.48. The smallest absolute Gasteiger partial charge is 0.458 e. The molecule has 1 N–H and O–H groups in total. The van der Waals surface area contributed by atoms with E-state index in [2.05, 4.69) is 13.2 Å². The van der Waals surface area contributed by atoms with E-state index in [1.165, 1.54) is 12.2 Å². The number of aliphatic hydroxyl groups is 1. The molecule has 6 aromatic carbocycles. The van der Waals surface area contributed by atoms with E-state index in [4.69, 9.17) is 14.2 Å². The van der Waals surface area contributed by atoms with E-state index in [0.717, 1.165) is 37.7 Å². The summed E-state index contributed by atoms with van der Waals surface area (Å²) >= 11 is 0. The van der Waals surface area contributed by atoms with Crippen molar-refractivity contribution >= 4 is 74.1 Å². The molecule has 0 spiro atoms. The monoisotopic (exact) mass is 805 g/mol. The molecule has 1 heterocycles. The maximum Gasteiger partial charge on any atom is 0.508 e. The average molecular weight is 806 g/mol. The third-order valence-electron chi connectivity index (χ3n) is 10.7. The lowest BCUT2D eigenvalue weighted by Crippen LogP contribution is -2.65. The molecular weight excluding hydrogens is 762 g/mol. The Morgan fingerprint density at radius 1 is 0.763 bits per heavy atom. The van der Waals surface area contributed by atoms with E-state index < -0.39 is 37.1 Å². The number of amides is 1. The van der Waals surface area contributed by atoms with Gasteiger partial charge in [-0.25, -0.2) is 9.59 Å². The molecule has 1 saturated heterocycles. The predicted octanol–water partition coefficient (Wildman–Crippen LogP) is 7.71.